The summed E-state index contributed by atoms with van der Waals surface area (Å²) in [6, 6.07) is 13.3. The van der Waals surface area contributed by atoms with Gasteiger partial charge in [-0.3, -0.25) is 14.4 Å². The van der Waals surface area contributed by atoms with Crippen LogP contribution in [-0.4, -0.2) is 24.1 Å². The molecule has 0 heterocycles. The molecule has 5 heteroatoms. The molecule has 0 aromatic heterocycles. The van der Waals surface area contributed by atoms with Crippen molar-refractivity contribution in [3.05, 3.63) is 59.7 Å². The normalized spacial score (nSPS) is 10.0. The Kier molecular flexibility index (Phi) is 5.25. The van der Waals surface area contributed by atoms with Gasteiger partial charge in [-0.2, -0.15) is 0 Å². The molecule has 0 aliphatic heterocycles. The molecule has 0 unspecified atom stereocenters. The zero-order chi connectivity index (χ0) is 16.8. The second-order valence-electron chi connectivity index (χ2n) is 5.02. The molecule has 0 spiro atoms. The van der Waals surface area contributed by atoms with Crippen molar-refractivity contribution in [2.75, 3.05) is 11.9 Å². The quantitative estimate of drug-likeness (QED) is 0.832. The monoisotopic (exact) mass is 311 g/mol. The minimum absolute atomic E-state index is 0.0323. The van der Waals surface area contributed by atoms with E-state index in [0.29, 0.717) is 22.6 Å². The molecule has 23 heavy (non-hydrogen) atoms. The van der Waals surface area contributed by atoms with Crippen LogP contribution in [0.15, 0.2) is 48.5 Å². The summed E-state index contributed by atoms with van der Waals surface area (Å²) in [5, 5.41) is 2.65. The highest BCUT2D eigenvalue weighted by molar-refractivity contribution is 6.03. The maximum atomic E-state index is 11.9. The van der Waals surface area contributed by atoms with Crippen LogP contribution in [-0.2, 0) is 4.79 Å². The smallest absolute Gasteiger partial charge is 0.262 e. The Morgan fingerprint density at radius 3 is 2.17 bits per heavy atom. The Morgan fingerprint density at radius 1 is 0.913 bits per heavy atom. The highest BCUT2D eigenvalue weighted by Gasteiger charge is 2.10. The second kappa shape index (κ2) is 7.35. The molecule has 5 nitrogen and oxygen atoms in total. The van der Waals surface area contributed by atoms with Crippen LogP contribution >= 0.6 is 0 Å². The fourth-order valence-corrected chi connectivity index (χ4v) is 2.02. The van der Waals surface area contributed by atoms with Gasteiger partial charge in [0.05, 0.1) is 5.69 Å². The molecular weight excluding hydrogens is 294 g/mol. The maximum absolute atomic E-state index is 11.9. The molecule has 0 fully saturated rings. The van der Waals surface area contributed by atoms with Gasteiger partial charge in [0.1, 0.15) is 5.75 Å². The number of amides is 1. The molecule has 0 aliphatic rings. The predicted molar refractivity (Wildman–Crippen MR) is 87.0 cm³/mol. The van der Waals surface area contributed by atoms with Gasteiger partial charge in [0.15, 0.2) is 18.2 Å². The summed E-state index contributed by atoms with van der Waals surface area (Å²) >= 11 is 0. The van der Waals surface area contributed by atoms with E-state index in [-0.39, 0.29) is 24.1 Å². The van der Waals surface area contributed by atoms with E-state index in [9.17, 15) is 14.4 Å². The maximum Gasteiger partial charge on any atom is 0.262 e. The van der Waals surface area contributed by atoms with E-state index in [1.807, 2.05) is 0 Å². The fourth-order valence-electron chi connectivity index (χ4n) is 2.02. The van der Waals surface area contributed by atoms with Crippen LogP contribution in [0.2, 0.25) is 0 Å². The SMILES string of the molecule is CC(=O)c1ccc(OCC(=O)Nc2ccccc2C(C)=O)cc1. The Labute approximate surface area is 134 Å². The van der Waals surface area contributed by atoms with Crippen LogP contribution in [0.1, 0.15) is 34.6 Å². The van der Waals surface area contributed by atoms with Crippen LogP contribution in [0.4, 0.5) is 5.69 Å². The number of hydrogen-bond donors (Lipinski definition) is 1. The second-order valence-corrected chi connectivity index (χ2v) is 5.02. The molecule has 0 saturated heterocycles. The lowest BCUT2D eigenvalue weighted by Gasteiger charge is -2.10. The molecule has 2 aromatic carbocycles. The standard InChI is InChI=1S/C18H17NO4/c1-12(20)14-7-9-15(10-8-14)23-11-18(22)19-17-6-4-3-5-16(17)13(2)21/h3-10H,11H2,1-2H3,(H,19,22). The van der Waals surface area contributed by atoms with E-state index in [4.69, 9.17) is 4.74 Å². The van der Waals surface area contributed by atoms with Crippen LogP contribution in [0.5, 0.6) is 5.75 Å². The van der Waals surface area contributed by atoms with Crippen molar-refractivity contribution in [2.45, 2.75) is 13.8 Å². The fraction of sp³-hybridized carbons (Fsp3) is 0.167. The molecule has 2 aromatic rings. The summed E-state index contributed by atoms with van der Waals surface area (Å²) in [4.78, 5) is 34.6. The number of ether oxygens (including phenoxy) is 1. The topological polar surface area (TPSA) is 72.5 Å². The highest BCUT2D eigenvalue weighted by Crippen LogP contribution is 2.16. The highest BCUT2D eigenvalue weighted by atomic mass is 16.5. The van der Waals surface area contributed by atoms with Crippen LogP contribution in [0.3, 0.4) is 0 Å². The predicted octanol–water partition coefficient (Wildman–Crippen LogP) is 3.11. The van der Waals surface area contributed by atoms with E-state index in [0.717, 1.165) is 0 Å². The Bertz CT molecular complexity index is 735. The summed E-state index contributed by atoms with van der Waals surface area (Å²) in [6.07, 6.45) is 0. The molecule has 1 amide bonds. The number of para-hydroxylation sites is 1. The van der Waals surface area contributed by atoms with Gasteiger partial charge >= 0.3 is 0 Å². The number of carbonyl (C=O) groups is 3. The van der Waals surface area contributed by atoms with E-state index < -0.39 is 0 Å². The summed E-state index contributed by atoms with van der Waals surface area (Å²) in [6.45, 7) is 2.74. The van der Waals surface area contributed by atoms with Crippen molar-refractivity contribution >= 4 is 23.2 Å². The Balaban J connectivity index is 1.95. The van der Waals surface area contributed by atoms with Gasteiger partial charge in [0, 0.05) is 11.1 Å². The van der Waals surface area contributed by atoms with Gasteiger partial charge in [0.25, 0.3) is 5.91 Å². The average Bonchev–Trinajstić information content (AvgIpc) is 2.53. The largest absolute Gasteiger partial charge is 0.484 e. The van der Waals surface area contributed by atoms with Crippen LogP contribution < -0.4 is 10.1 Å². The van der Waals surface area contributed by atoms with Gasteiger partial charge in [-0.25, -0.2) is 0 Å². The lowest BCUT2D eigenvalue weighted by atomic mass is 10.1. The Hall–Kier alpha value is -2.95. The molecular formula is C18H17NO4. The van der Waals surface area contributed by atoms with Crippen LogP contribution in [0, 0.1) is 0 Å². The number of hydrogen-bond acceptors (Lipinski definition) is 4. The zero-order valence-corrected chi connectivity index (χ0v) is 13.0. The summed E-state index contributed by atoms with van der Waals surface area (Å²) in [5.74, 6) is -0.0314. The molecule has 0 saturated carbocycles. The number of Topliss-reactive ketones (excluding diaryl/α,β-unsaturated/α-hetero) is 2. The van der Waals surface area contributed by atoms with E-state index in [1.165, 1.54) is 13.8 Å². The number of nitrogens with one attached hydrogen (secondary N) is 1. The minimum atomic E-state index is -0.366. The number of carbonyl (C=O) groups excluding carboxylic acids is 3. The number of anilines is 1. The molecule has 0 bridgehead atoms. The summed E-state index contributed by atoms with van der Waals surface area (Å²) in [5.41, 5.74) is 1.49. The molecule has 1 N–H and O–H groups in total. The van der Waals surface area contributed by atoms with Crippen molar-refractivity contribution in [2.24, 2.45) is 0 Å². The van der Waals surface area contributed by atoms with Gasteiger partial charge < -0.3 is 10.1 Å². The zero-order valence-electron chi connectivity index (χ0n) is 13.0. The van der Waals surface area contributed by atoms with E-state index in [1.54, 1.807) is 48.5 Å². The molecule has 0 radical (unpaired) electrons. The van der Waals surface area contributed by atoms with Crippen molar-refractivity contribution in [1.82, 2.24) is 0 Å². The lowest BCUT2D eigenvalue weighted by molar-refractivity contribution is -0.118. The Morgan fingerprint density at radius 2 is 1.57 bits per heavy atom. The number of rotatable bonds is 6. The minimum Gasteiger partial charge on any atom is -0.484 e. The first kappa shape index (κ1) is 16.4. The first-order valence-corrected chi connectivity index (χ1v) is 7.11. The first-order chi connectivity index (χ1) is 11.0. The number of ketones is 2. The van der Waals surface area contributed by atoms with Gasteiger partial charge in [0.2, 0.25) is 0 Å². The summed E-state index contributed by atoms with van der Waals surface area (Å²) < 4.78 is 5.37. The third-order valence-electron chi connectivity index (χ3n) is 3.21. The van der Waals surface area contributed by atoms with E-state index in [2.05, 4.69) is 5.32 Å². The molecule has 118 valence electrons. The van der Waals surface area contributed by atoms with Crippen molar-refractivity contribution in [3.63, 3.8) is 0 Å². The van der Waals surface area contributed by atoms with Crippen molar-refractivity contribution in [1.29, 1.82) is 0 Å². The van der Waals surface area contributed by atoms with Crippen LogP contribution in [0.25, 0.3) is 0 Å². The number of benzene rings is 2. The lowest BCUT2D eigenvalue weighted by Crippen LogP contribution is -2.21. The third kappa shape index (κ3) is 4.51. The third-order valence-corrected chi connectivity index (χ3v) is 3.21. The van der Waals surface area contributed by atoms with Gasteiger partial charge in [-0.1, -0.05) is 12.1 Å². The van der Waals surface area contributed by atoms with Crippen molar-refractivity contribution < 1.29 is 19.1 Å². The van der Waals surface area contributed by atoms with E-state index >= 15 is 0 Å². The molecule has 0 aliphatic carbocycles. The molecule has 2 rings (SSSR count). The average molecular weight is 311 g/mol. The van der Waals surface area contributed by atoms with Gasteiger partial charge in [-0.05, 0) is 50.2 Å². The first-order valence-electron chi connectivity index (χ1n) is 7.11. The summed E-state index contributed by atoms with van der Waals surface area (Å²) in [7, 11) is 0. The van der Waals surface area contributed by atoms with Gasteiger partial charge in [-0.15, -0.1) is 0 Å². The van der Waals surface area contributed by atoms with Crippen molar-refractivity contribution in [3.8, 4) is 5.75 Å². The molecule has 0 atom stereocenters.